The summed E-state index contributed by atoms with van der Waals surface area (Å²) in [4.78, 5) is 28.7. The number of aryl methyl sites for hydroxylation is 1. The fourth-order valence-corrected chi connectivity index (χ4v) is 3.11. The van der Waals surface area contributed by atoms with E-state index in [1.807, 2.05) is 70.2 Å². The molecule has 138 valence electrons. The van der Waals surface area contributed by atoms with Crippen molar-refractivity contribution < 1.29 is 14.3 Å². The number of nitrogens with zero attached hydrogens (tertiary/aromatic N) is 3. The van der Waals surface area contributed by atoms with Gasteiger partial charge in [0.05, 0.1) is 18.6 Å². The number of aromatic nitrogens is 1. The number of carbonyl (C=O) groups is 2. The first-order valence-corrected chi connectivity index (χ1v) is 9.00. The second-order valence-electron chi connectivity index (χ2n) is 6.50. The molecule has 1 aliphatic rings. The fourth-order valence-electron chi connectivity index (χ4n) is 3.11. The van der Waals surface area contributed by atoms with Crippen LogP contribution in [-0.4, -0.2) is 59.0 Å². The third-order valence-electron chi connectivity index (χ3n) is 4.54. The Balaban J connectivity index is 1.47. The quantitative estimate of drug-likeness (QED) is 0.826. The SMILES string of the molecule is Cn1ccc(C(=O)N2CCCN(C(=O)CCOc3ccccc3)CC2)c1. The molecule has 0 radical (unpaired) electrons. The molecule has 1 saturated heterocycles. The van der Waals surface area contributed by atoms with Gasteiger partial charge in [-0.3, -0.25) is 9.59 Å². The van der Waals surface area contributed by atoms with E-state index in [4.69, 9.17) is 4.74 Å². The van der Waals surface area contributed by atoms with Gasteiger partial charge in [0.2, 0.25) is 5.91 Å². The van der Waals surface area contributed by atoms with E-state index >= 15 is 0 Å². The van der Waals surface area contributed by atoms with Gasteiger partial charge in [0.15, 0.2) is 0 Å². The first-order valence-electron chi connectivity index (χ1n) is 9.00. The summed E-state index contributed by atoms with van der Waals surface area (Å²) in [6.07, 6.45) is 4.84. The van der Waals surface area contributed by atoms with Crippen molar-refractivity contribution in [1.29, 1.82) is 0 Å². The Morgan fingerprint density at radius 1 is 1.00 bits per heavy atom. The Morgan fingerprint density at radius 3 is 2.46 bits per heavy atom. The maximum Gasteiger partial charge on any atom is 0.255 e. The van der Waals surface area contributed by atoms with Crippen molar-refractivity contribution in [2.24, 2.45) is 7.05 Å². The van der Waals surface area contributed by atoms with Crippen LogP contribution in [0.2, 0.25) is 0 Å². The smallest absolute Gasteiger partial charge is 0.255 e. The summed E-state index contributed by atoms with van der Waals surface area (Å²) in [7, 11) is 1.90. The molecule has 0 atom stereocenters. The summed E-state index contributed by atoms with van der Waals surface area (Å²) in [6.45, 7) is 2.87. The number of benzene rings is 1. The largest absolute Gasteiger partial charge is 0.493 e. The Hall–Kier alpha value is -2.76. The molecule has 1 fully saturated rings. The van der Waals surface area contributed by atoms with Crippen LogP contribution in [0.3, 0.4) is 0 Å². The van der Waals surface area contributed by atoms with Crippen LogP contribution < -0.4 is 4.74 Å². The monoisotopic (exact) mass is 355 g/mol. The summed E-state index contributed by atoms with van der Waals surface area (Å²) in [5, 5.41) is 0. The van der Waals surface area contributed by atoms with Gasteiger partial charge in [0, 0.05) is 45.6 Å². The molecule has 1 aliphatic heterocycles. The van der Waals surface area contributed by atoms with E-state index in [1.165, 1.54) is 0 Å². The average Bonchev–Trinajstić information content (AvgIpc) is 2.94. The molecule has 3 rings (SSSR count). The van der Waals surface area contributed by atoms with Crippen molar-refractivity contribution in [3.8, 4) is 5.75 Å². The molecule has 0 unspecified atom stereocenters. The van der Waals surface area contributed by atoms with Crippen LogP contribution in [-0.2, 0) is 11.8 Å². The zero-order chi connectivity index (χ0) is 18.4. The van der Waals surface area contributed by atoms with Crippen molar-refractivity contribution in [2.45, 2.75) is 12.8 Å². The molecule has 1 aromatic carbocycles. The minimum absolute atomic E-state index is 0.0345. The highest BCUT2D eigenvalue weighted by molar-refractivity contribution is 5.94. The van der Waals surface area contributed by atoms with Crippen molar-refractivity contribution in [1.82, 2.24) is 14.4 Å². The van der Waals surface area contributed by atoms with Gasteiger partial charge in [0.1, 0.15) is 5.75 Å². The van der Waals surface area contributed by atoms with Crippen LogP contribution in [0.4, 0.5) is 0 Å². The number of carbonyl (C=O) groups excluding carboxylic acids is 2. The zero-order valence-corrected chi connectivity index (χ0v) is 15.1. The predicted molar refractivity (Wildman–Crippen MR) is 99.1 cm³/mol. The van der Waals surface area contributed by atoms with E-state index in [9.17, 15) is 9.59 Å². The lowest BCUT2D eigenvalue weighted by Crippen LogP contribution is -2.37. The van der Waals surface area contributed by atoms with E-state index in [1.54, 1.807) is 0 Å². The first kappa shape index (κ1) is 18.0. The van der Waals surface area contributed by atoms with Gasteiger partial charge >= 0.3 is 0 Å². The van der Waals surface area contributed by atoms with E-state index in [0.717, 1.165) is 12.2 Å². The van der Waals surface area contributed by atoms with Crippen LogP contribution in [0.1, 0.15) is 23.2 Å². The van der Waals surface area contributed by atoms with Crippen LogP contribution in [0.5, 0.6) is 5.75 Å². The van der Waals surface area contributed by atoms with Crippen molar-refractivity contribution in [3.05, 3.63) is 54.4 Å². The summed E-state index contributed by atoms with van der Waals surface area (Å²) in [6, 6.07) is 11.3. The maximum absolute atomic E-state index is 12.6. The molecule has 26 heavy (non-hydrogen) atoms. The molecule has 0 N–H and O–H groups in total. The lowest BCUT2D eigenvalue weighted by Gasteiger charge is -2.22. The van der Waals surface area contributed by atoms with Crippen LogP contribution in [0.25, 0.3) is 0 Å². The topological polar surface area (TPSA) is 54.8 Å². The normalized spacial score (nSPS) is 14.8. The number of ether oxygens (including phenoxy) is 1. The number of hydrogen-bond donors (Lipinski definition) is 0. The third kappa shape index (κ3) is 4.65. The molecule has 2 heterocycles. The minimum atomic E-state index is 0.0345. The Morgan fingerprint density at radius 2 is 1.73 bits per heavy atom. The van der Waals surface area contributed by atoms with Gasteiger partial charge in [-0.1, -0.05) is 18.2 Å². The molecule has 0 saturated carbocycles. The molecule has 1 aromatic heterocycles. The highest BCUT2D eigenvalue weighted by Crippen LogP contribution is 2.12. The van der Waals surface area contributed by atoms with Gasteiger partial charge in [-0.25, -0.2) is 0 Å². The molecular weight excluding hydrogens is 330 g/mol. The zero-order valence-electron chi connectivity index (χ0n) is 15.1. The minimum Gasteiger partial charge on any atom is -0.493 e. The lowest BCUT2D eigenvalue weighted by atomic mass is 10.3. The van der Waals surface area contributed by atoms with Crippen molar-refractivity contribution in [3.63, 3.8) is 0 Å². The number of hydrogen-bond acceptors (Lipinski definition) is 3. The number of rotatable bonds is 5. The average molecular weight is 355 g/mol. The maximum atomic E-state index is 12.6. The molecule has 6 nitrogen and oxygen atoms in total. The van der Waals surface area contributed by atoms with E-state index in [-0.39, 0.29) is 11.8 Å². The van der Waals surface area contributed by atoms with Crippen molar-refractivity contribution in [2.75, 3.05) is 32.8 Å². The Labute approximate surface area is 154 Å². The molecule has 0 aliphatic carbocycles. The summed E-state index contributed by atoms with van der Waals surface area (Å²) < 4.78 is 7.47. The van der Waals surface area contributed by atoms with E-state index in [2.05, 4.69) is 0 Å². The lowest BCUT2D eigenvalue weighted by molar-refractivity contribution is -0.131. The second kappa shape index (κ2) is 8.56. The molecule has 2 aromatic rings. The molecule has 6 heteroatoms. The standard InChI is InChI=1S/C20H25N3O3/c1-21-12-8-17(16-21)20(25)23-11-5-10-22(13-14-23)19(24)9-15-26-18-6-3-2-4-7-18/h2-4,6-8,12,16H,5,9-11,13-15H2,1H3. The highest BCUT2D eigenvalue weighted by atomic mass is 16.5. The fraction of sp³-hybridized carbons (Fsp3) is 0.400. The molecule has 2 amide bonds. The van der Waals surface area contributed by atoms with Crippen LogP contribution >= 0.6 is 0 Å². The Kier molecular flexibility index (Phi) is 5.94. The van der Waals surface area contributed by atoms with Gasteiger partial charge in [-0.15, -0.1) is 0 Å². The number of para-hydroxylation sites is 1. The second-order valence-corrected chi connectivity index (χ2v) is 6.50. The van der Waals surface area contributed by atoms with E-state index in [0.29, 0.717) is 44.8 Å². The summed E-state index contributed by atoms with van der Waals surface area (Å²) in [5.41, 5.74) is 0.698. The highest BCUT2D eigenvalue weighted by Gasteiger charge is 2.23. The van der Waals surface area contributed by atoms with Crippen LogP contribution in [0.15, 0.2) is 48.8 Å². The summed E-state index contributed by atoms with van der Waals surface area (Å²) >= 11 is 0. The molecule has 0 bridgehead atoms. The van der Waals surface area contributed by atoms with Gasteiger partial charge in [-0.2, -0.15) is 0 Å². The van der Waals surface area contributed by atoms with E-state index < -0.39 is 0 Å². The first-order chi connectivity index (χ1) is 12.6. The third-order valence-corrected chi connectivity index (χ3v) is 4.54. The molecule has 0 spiro atoms. The summed E-state index contributed by atoms with van der Waals surface area (Å²) in [5.74, 6) is 0.887. The van der Waals surface area contributed by atoms with Crippen LogP contribution in [0, 0.1) is 0 Å². The van der Waals surface area contributed by atoms with Gasteiger partial charge in [-0.05, 0) is 24.6 Å². The van der Waals surface area contributed by atoms with Gasteiger partial charge < -0.3 is 19.1 Å². The van der Waals surface area contributed by atoms with Gasteiger partial charge in [0.25, 0.3) is 5.91 Å². The molecular formula is C20H25N3O3. The predicted octanol–water partition coefficient (Wildman–Crippen LogP) is 2.17. The number of amides is 2. The van der Waals surface area contributed by atoms with Crippen molar-refractivity contribution >= 4 is 11.8 Å². The Bertz CT molecular complexity index is 742.